The fourth-order valence-electron chi connectivity index (χ4n) is 3.39. The number of aromatic nitrogens is 2. The molecule has 3 heterocycles. The standard InChI is InChI=1S/C24H24N4O2S2/c1-3-4-12-25-21-18(22(29)27-13-6-5-7-20(27)26-21)14-19-23(30)28(24(31)32-19)15-17-10-8-16(2)9-11-17/h5-11,13-14,25H,3-4,12,15H2,1-2H3/b19-14+. The number of fused-ring (bicyclic) bond motifs is 1. The molecule has 1 aliphatic rings. The summed E-state index contributed by atoms with van der Waals surface area (Å²) in [4.78, 5) is 33.0. The Labute approximate surface area is 196 Å². The summed E-state index contributed by atoms with van der Waals surface area (Å²) in [5.74, 6) is 0.288. The predicted octanol–water partition coefficient (Wildman–Crippen LogP) is 4.62. The number of carbonyl (C=O) groups is 1. The summed E-state index contributed by atoms with van der Waals surface area (Å²) < 4.78 is 1.97. The zero-order valence-electron chi connectivity index (χ0n) is 18.0. The number of thiocarbonyl (C=S) groups is 1. The summed E-state index contributed by atoms with van der Waals surface area (Å²) in [6.45, 7) is 5.22. The van der Waals surface area contributed by atoms with Gasteiger partial charge in [0.25, 0.3) is 11.5 Å². The molecule has 0 atom stereocenters. The molecule has 1 fully saturated rings. The predicted molar refractivity (Wildman–Crippen MR) is 135 cm³/mol. The molecule has 0 unspecified atom stereocenters. The molecule has 1 saturated heterocycles. The maximum absolute atomic E-state index is 13.2. The Morgan fingerprint density at radius 2 is 1.94 bits per heavy atom. The van der Waals surface area contributed by atoms with E-state index in [1.54, 1.807) is 29.3 Å². The second-order valence-corrected chi connectivity index (χ2v) is 9.32. The average molecular weight is 465 g/mol. The first kappa shape index (κ1) is 22.2. The second-order valence-electron chi connectivity index (χ2n) is 7.64. The van der Waals surface area contributed by atoms with Crippen LogP contribution in [-0.4, -0.2) is 31.1 Å². The van der Waals surface area contributed by atoms with E-state index in [4.69, 9.17) is 12.2 Å². The minimum absolute atomic E-state index is 0.197. The van der Waals surface area contributed by atoms with Gasteiger partial charge in [0.15, 0.2) is 0 Å². The topological polar surface area (TPSA) is 66.7 Å². The van der Waals surface area contributed by atoms with Crippen LogP contribution in [0.1, 0.15) is 36.5 Å². The van der Waals surface area contributed by atoms with Crippen LogP contribution in [0.15, 0.2) is 58.4 Å². The molecule has 32 heavy (non-hydrogen) atoms. The van der Waals surface area contributed by atoms with Gasteiger partial charge in [-0.05, 0) is 37.1 Å². The molecule has 1 aromatic carbocycles. The van der Waals surface area contributed by atoms with Gasteiger partial charge < -0.3 is 5.32 Å². The number of carbonyl (C=O) groups excluding carboxylic acids is 1. The van der Waals surface area contributed by atoms with Crippen molar-refractivity contribution in [1.82, 2.24) is 14.3 Å². The molecule has 1 amide bonds. The van der Waals surface area contributed by atoms with Crippen LogP contribution in [0.2, 0.25) is 0 Å². The molecule has 0 radical (unpaired) electrons. The van der Waals surface area contributed by atoms with Crippen LogP contribution in [0.4, 0.5) is 5.82 Å². The van der Waals surface area contributed by atoms with Crippen molar-refractivity contribution in [2.45, 2.75) is 33.2 Å². The van der Waals surface area contributed by atoms with E-state index in [1.807, 2.05) is 37.3 Å². The summed E-state index contributed by atoms with van der Waals surface area (Å²) in [7, 11) is 0. The molecule has 0 spiro atoms. The zero-order valence-corrected chi connectivity index (χ0v) is 19.6. The number of nitrogens with zero attached hydrogens (tertiary/aromatic N) is 3. The van der Waals surface area contributed by atoms with Gasteiger partial charge in [-0.1, -0.05) is 73.2 Å². The number of thioether (sulfide) groups is 1. The molecule has 0 aliphatic carbocycles. The lowest BCUT2D eigenvalue weighted by Gasteiger charge is -2.14. The second kappa shape index (κ2) is 9.67. The van der Waals surface area contributed by atoms with Gasteiger partial charge in [0.2, 0.25) is 0 Å². The zero-order chi connectivity index (χ0) is 22.7. The summed E-state index contributed by atoms with van der Waals surface area (Å²) in [6.07, 6.45) is 5.28. The van der Waals surface area contributed by atoms with E-state index in [-0.39, 0.29) is 11.5 Å². The van der Waals surface area contributed by atoms with Gasteiger partial charge >= 0.3 is 0 Å². The maximum Gasteiger partial charge on any atom is 0.267 e. The van der Waals surface area contributed by atoms with Crippen LogP contribution in [0.25, 0.3) is 11.7 Å². The normalized spacial score (nSPS) is 15.2. The van der Waals surface area contributed by atoms with Gasteiger partial charge in [0, 0.05) is 12.7 Å². The first-order valence-corrected chi connectivity index (χ1v) is 11.8. The molecule has 1 N–H and O–H groups in total. The third-order valence-corrected chi connectivity index (χ3v) is 6.58. The number of benzene rings is 1. The Hall–Kier alpha value is -2.97. The van der Waals surface area contributed by atoms with Crippen molar-refractivity contribution in [3.63, 3.8) is 0 Å². The summed E-state index contributed by atoms with van der Waals surface area (Å²) in [6, 6.07) is 13.4. The van der Waals surface area contributed by atoms with Gasteiger partial charge in [0.05, 0.1) is 17.0 Å². The van der Waals surface area contributed by atoms with Crippen LogP contribution in [0.5, 0.6) is 0 Å². The molecule has 4 rings (SSSR count). The largest absolute Gasteiger partial charge is 0.369 e. The smallest absolute Gasteiger partial charge is 0.267 e. The van der Waals surface area contributed by atoms with E-state index in [0.29, 0.717) is 39.3 Å². The minimum Gasteiger partial charge on any atom is -0.369 e. The number of unbranched alkanes of at least 4 members (excludes halogenated alkanes) is 1. The third kappa shape index (κ3) is 4.61. The fraction of sp³-hybridized carbons (Fsp3) is 0.250. The van der Waals surface area contributed by atoms with E-state index in [1.165, 1.54) is 16.2 Å². The van der Waals surface area contributed by atoms with Crippen LogP contribution >= 0.6 is 24.0 Å². The van der Waals surface area contributed by atoms with Gasteiger partial charge in [-0.2, -0.15) is 0 Å². The van der Waals surface area contributed by atoms with E-state index in [2.05, 4.69) is 17.2 Å². The van der Waals surface area contributed by atoms with Crippen molar-refractivity contribution in [1.29, 1.82) is 0 Å². The number of hydrogen-bond acceptors (Lipinski definition) is 6. The fourth-order valence-corrected chi connectivity index (χ4v) is 4.63. The lowest BCUT2D eigenvalue weighted by atomic mass is 10.1. The quantitative estimate of drug-likeness (QED) is 0.313. The van der Waals surface area contributed by atoms with E-state index in [0.717, 1.165) is 24.0 Å². The highest BCUT2D eigenvalue weighted by Gasteiger charge is 2.32. The molecule has 0 bridgehead atoms. The van der Waals surface area contributed by atoms with Crippen molar-refractivity contribution in [2.24, 2.45) is 0 Å². The number of nitrogens with one attached hydrogen (secondary N) is 1. The number of aryl methyl sites for hydroxylation is 1. The Morgan fingerprint density at radius 3 is 2.69 bits per heavy atom. The summed E-state index contributed by atoms with van der Waals surface area (Å²) in [5.41, 5.74) is 2.86. The highest BCUT2D eigenvalue weighted by molar-refractivity contribution is 8.26. The molecule has 8 heteroatoms. The Kier molecular flexibility index (Phi) is 6.72. The number of anilines is 1. The molecule has 164 valence electrons. The van der Waals surface area contributed by atoms with Crippen molar-refractivity contribution >= 4 is 51.7 Å². The van der Waals surface area contributed by atoms with Crippen molar-refractivity contribution in [2.75, 3.05) is 11.9 Å². The third-order valence-electron chi connectivity index (χ3n) is 5.20. The summed E-state index contributed by atoms with van der Waals surface area (Å²) >= 11 is 6.69. The average Bonchev–Trinajstić information content (AvgIpc) is 3.05. The van der Waals surface area contributed by atoms with Crippen LogP contribution in [0, 0.1) is 6.92 Å². The van der Waals surface area contributed by atoms with Crippen LogP contribution in [0.3, 0.4) is 0 Å². The van der Waals surface area contributed by atoms with Crippen LogP contribution in [-0.2, 0) is 11.3 Å². The summed E-state index contributed by atoms with van der Waals surface area (Å²) in [5, 5.41) is 3.27. The molecular formula is C24H24N4O2S2. The first-order chi connectivity index (χ1) is 15.5. The maximum atomic E-state index is 13.2. The molecule has 6 nitrogen and oxygen atoms in total. The molecule has 1 aliphatic heterocycles. The first-order valence-electron chi connectivity index (χ1n) is 10.5. The number of hydrogen-bond donors (Lipinski definition) is 1. The van der Waals surface area contributed by atoms with E-state index >= 15 is 0 Å². The molecule has 0 saturated carbocycles. The van der Waals surface area contributed by atoms with Crippen molar-refractivity contribution in [3.05, 3.63) is 80.6 Å². The lowest BCUT2D eigenvalue weighted by Crippen LogP contribution is -2.27. The van der Waals surface area contributed by atoms with Gasteiger partial charge in [-0.3, -0.25) is 18.9 Å². The number of rotatable bonds is 7. The van der Waals surface area contributed by atoms with E-state index in [9.17, 15) is 9.59 Å². The molecular weight excluding hydrogens is 440 g/mol. The SMILES string of the molecule is CCCCNc1nc2ccccn2c(=O)c1/C=C1/SC(=S)N(Cc2ccc(C)cc2)C1=O. The van der Waals surface area contributed by atoms with Crippen molar-refractivity contribution in [3.8, 4) is 0 Å². The molecule has 2 aromatic heterocycles. The minimum atomic E-state index is -0.224. The Morgan fingerprint density at radius 1 is 1.16 bits per heavy atom. The number of amides is 1. The monoisotopic (exact) mass is 464 g/mol. The Bertz CT molecular complexity index is 1270. The van der Waals surface area contributed by atoms with Crippen molar-refractivity contribution < 1.29 is 4.79 Å². The molecule has 3 aromatic rings. The van der Waals surface area contributed by atoms with Gasteiger partial charge in [-0.15, -0.1) is 0 Å². The van der Waals surface area contributed by atoms with Crippen LogP contribution < -0.4 is 10.9 Å². The van der Waals surface area contributed by atoms with Gasteiger partial charge in [0.1, 0.15) is 15.8 Å². The van der Waals surface area contributed by atoms with E-state index < -0.39 is 0 Å². The Balaban J connectivity index is 1.69. The lowest BCUT2D eigenvalue weighted by molar-refractivity contribution is -0.122. The van der Waals surface area contributed by atoms with Gasteiger partial charge in [-0.25, -0.2) is 4.98 Å². The number of pyridine rings is 1. The highest BCUT2D eigenvalue weighted by Crippen LogP contribution is 2.34. The highest BCUT2D eigenvalue weighted by atomic mass is 32.2.